The fourth-order valence-electron chi connectivity index (χ4n) is 4.62. The van der Waals surface area contributed by atoms with Crippen LogP contribution in [0.1, 0.15) is 61.0 Å². The smallest absolute Gasteiger partial charge is 0.178 e. The van der Waals surface area contributed by atoms with E-state index in [0.29, 0.717) is 5.84 Å². The molecule has 8 heteroatoms. The van der Waals surface area contributed by atoms with Crippen LogP contribution in [-0.2, 0) is 29.6 Å². The van der Waals surface area contributed by atoms with E-state index in [0.717, 1.165) is 45.8 Å². The molecule has 0 aliphatic heterocycles. The number of rotatable bonds is 6. The number of aromatic nitrogens is 3. The minimum absolute atomic E-state index is 0.385. The average Bonchev–Trinajstić information content (AvgIpc) is 3.58. The van der Waals surface area contributed by atoms with Crippen molar-refractivity contribution in [2.75, 3.05) is 14.2 Å². The van der Waals surface area contributed by atoms with Gasteiger partial charge in [-0.05, 0) is 79.1 Å². The Morgan fingerprint density at radius 1 is 1.08 bits per heavy atom. The second kappa shape index (κ2) is 11.6. The second-order valence-corrected chi connectivity index (χ2v) is 9.93. The number of aromatic amines is 1. The maximum absolute atomic E-state index is 6.03. The van der Waals surface area contributed by atoms with Gasteiger partial charge < -0.3 is 15.5 Å². The van der Waals surface area contributed by atoms with Gasteiger partial charge >= 0.3 is 0 Å². The number of ether oxygens (including phenoxy) is 1. The fourth-order valence-corrected chi connectivity index (χ4v) is 4.62. The predicted molar refractivity (Wildman–Crippen MR) is 153 cm³/mol. The van der Waals surface area contributed by atoms with Crippen LogP contribution in [0.25, 0.3) is 22.3 Å². The van der Waals surface area contributed by atoms with Crippen LogP contribution >= 0.6 is 0 Å². The van der Waals surface area contributed by atoms with Crippen molar-refractivity contribution in [2.45, 2.75) is 59.0 Å². The summed E-state index contributed by atoms with van der Waals surface area (Å²) < 4.78 is 5.46. The first kappa shape index (κ1) is 27.1. The zero-order valence-corrected chi connectivity index (χ0v) is 23.2. The normalized spacial score (nSPS) is 13.6. The number of imidazole rings is 1. The van der Waals surface area contributed by atoms with Gasteiger partial charge in [0.15, 0.2) is 11.5 Å². The van der Waals surface area contributed by atoms with Gasteiger partial charge in [-0.3, -0.25) is 0 Å². The average molecular weight is 512 g/mol. The van der Waals surface area contributed by atoms with Crippen molar-refractivity contribution in [3.8, 4) is 11.1 Å². The number of amidine groups is 1. The van der Waals surface area contributed by atoms with Gasteiger partial charge in [0, 0.05) is 19.1 Å². The number of H-pyrrole nitrogens is 1. The minimum Gasteiger partial charge on any atom is -0.382 e. The Bertz CT molecular complexity index is 1480. The van der Waals surface area contributed by atoms with Crippen molar-refractivity contribution in [1.82, 2.24) is 15.0 Å². The first-order valence-corrected chi connectivity index (χ1v) is 13.0. The number of nitrogens with one attached hydrogen (secondary N) is 1. The van der Waals surface area contributed by atoms with Gasteiger partial charge in [-0.15, -0.1) is 5.10 Å². The third kappa shape index (κ3) is 5.81. The second-order valence-electron chi connectivity index (χ2n) is 9.93. The Balaban J connectivity index is 0.000000181. The largest absolute Gasteiger partial charge is 0.382 e. The minimum atomic E-state index is -0.385. The molecule has 0 bridgehead atoms. The summed E-state index contributed by atoms with van der Waals surface area (Å²) in [6.45, 7) is 8.16. The van der Waals surface area contributed by atoms with Crippen LogP contribution in [0, 0.1) is 6.92 Å². The van der Waals surface area contributed by atoms with E-state index in [-0.39, 0.29) is 5.60 Å². The molecule has 2 aromatic carbocycles. The van der Waals surface area contributed by atoms with Crippen molar-refractivity contribution in [3.05, 3.63) is 82.3 Å². The molecule has 8 nitrogen and oxygen atoms in total. The van der Waals surface area contributed by atoms with Crippen molar-refractivity contribution >= 4 is 17.0 Å². The molecule has 0 atom stereocenters. The van der Waals surface area contributed by atoms with Crippen molar-refractivity contribution < 1.29 is 4.74 Å². The highest BCUT2D eigenvalue weighted by Crippen LogP contribution is 2.30. The van der Waals surface area contributed by atoms with E-state index >= 15 is 0 Å². The van der Waals surface area contributed by atoms with Crippen LogP contribution in [0.4, 0.5) is 0 Å². The number of nitrogens with zero attached hydrogens (tertiary/aromatic N) is 5. The molecule has 5 rings (SSSR count). The molecular formula is C30H37N7O. The first-order chi connectivity index (χ1) is 18.3. The third-order valence-corrected chi connectivity index (χ3v) is 7.02. The first-order valence-electron chi connectivity index (χ1n) is 13.0. The summed E-state index contributed by atoms with van der Waals surface area (Å²) in [5.74, 6) is 1.36. The molecule has 2 heterocycles. The molecule has 0 unspecified atom stereocenters. The molecule has 198 valence electrons. The summed E-state index contributed by atoms with van der Waals surface area (Å²) in [6, 6.07) is 16.7. The zero-order chi connectivity index (χ0) is 27.3. The maximum Gasteiger partial charge on any atom is 0.178 e. The van der Waals surface area contributed by atoms with Gasteiger partial charge in [-0.25, -0.2) is 9.97 Å². The number of aryl methyl sites for hydroxylation is 4. The Kier molecular flexibility index (Phi) is 8.32. The molecule has 0 saturated heterocycles. The lowest BCUT2D eigenvalue weighted by atomic mass is 9.96. The van der Waals surface area contributed by atoms with Crippen molar-refractivity contribution in [3.63, 3.8) is 0 Å². The fraction of sp³-hybridized carbons (Fsp3) is 0.367. The molecule has 0 fully saturated rings. The van der Waals surface area contributed by atoms with E-state index in [1.54, 1.807) is 14.2 Å². The van der Waals surface area contributed by atoms with Crippen LogP contribution in [0.15, 0.2) is 64.0 Å². The summed E-state index contributed by atoms with van der Waals surface area (Å²) in [5.41, 5.74) is 15.6. The number of benzene rings is 2. The molecular weight excluding hydrogens is 474 g/mol. The van der Waals surface area contributed by atoms with Crippen LogP contribution in [0.5, 0.6) is 0 Å². The highest BCUT2D eigenvalue weighted by atomic mass is 16.5. The van der Waals surface area contributed by atoms with Crippen LogP contribution in [0.2, 0.25) is 0 Å². The number of hydrogen-bond acceptors (Lipinski definition) is 5. The highest BCUT2D eigenvalue weighted by Gasteiger charge is 2.23. The van der Waals surface area contributed by atoms with Gasteiger partial charge in [0.05, 0.1) is 18.3 Å². The van der Waals surface area contributed by atoms with Gasteiger partial charge in [0.1, 0.15) is 11.4 Å². The van der Waals surface area contributed by atoms with E-state index in [4.69, 9.17) is 10.5 Å². The summed E-state index contributed by atoms with van der Waals surface area (Å²) in [4.78, 5) is 12.4. The lowest BCUT2D eigenvalue weighted by Crippen LogP contribution is -2.21. The predicted octanol–water partition coefficient (Wildman–Crippen LogP) is 6.25. The summed E-state index contributed by atoms with van der Waals surface area (Å²) >= 11 is 0. The monoisotopic (exact) mass is 511 g/mol. The van der Waals surface area contributed by atoms with E-state index in [1.807, 2.05) is 32.0 Å². The Morgan fingerprint density at radius 2 is 1.84 bits per heavy atom. The number of pyridine rings is 1. The van der Waals surface area contributed by atoms with E-state index in [2.05, 4.69) is 74.6 Å². The Morgan fingerprint density at radius 3 is 2.58 bits per heavy atom. The van der Waals surface area contributed by atoms with Gasteiger partial charge in [-0.1, -0.05) is 49.4 Å². The molecule has 1 aliphatic rings. The molecule has 2 aromatic heterocycles. The zero-order valence-electron chi connectivity index (χ0n) is 23.2. The van der Waals surface area contributed by atoms with E-state index in [9.17, 15) is 0 Å². The number of methoxy groups -OCH3 is 1. The topological polar surface area (TPSA) is 114 Å². The quantitative estimate of drug-likeness (QED) is 0.138. The lowest BCUT2D eigenvalue weighted by molar-refractivity contribution is 0.0157. The SMILES string of the molecule is CCc1nc2nc(C(C)(C)OC)cc(C)c2[nH]1.CN=N/N=C(\N)c1ccccc1-c1ccc2c(c1)CCC2. The molecule has 38 heavy (non-hydrogen) atoms. The molecule has 1 aliphatic carbocycles. The standard InChI is InChI=1S/C17H18N4.C13H19N3O/c1-19-21-20-17(18)16-8-3-2-7-15(16)14-10-9-12-5-4-6-13(12)11-14;1-6-10-15-11-8(2)7-9(13(3,4)17-5)14-12(11)16-10/h2-3,7-11H,4-6H2,1H3,(H2,18,19,20);7H,6H2,1-5H3,(H,14,15,16). The van der Waals surface area contributed by atoms with Gasteiger partial charge in [0.2, 0.25) is 0 Å². The third-order valence-electron chi connectivity index (χ3n) is 7.02. The maximum atomic E-state index is 6.03. The molecule has 0 amide bonds. The summed E-state index contributed by atoms with van der Waals surface area (Å²) in [5, 5.41) is 11.2. The highest BCUT2D eigenvalue weighted by molar-refractivity contribution is 6.03. The lowest BCUT2D eigenvalue weighted by Gasteiger charge is -2.22. The van der Waals surface area contributed by atoms with Crippen LogP contribution in [-0.4, -0.2) is 34.9 Å². The van der Waals surface area contributed by atoms with E-state index in [1.165, 1.54) is 36.0 Å². The van der Waals surface area contributed by atoms with Crippen LogP contribution in [0.3, 0.4) is 0 Å². The van der Waals surface area contributed by atoms with Crippen LogP contribution < -0.4 is 5.73 Å². The molecule has 0 radical (unpaired) electrons. The Labute approximate surface area is 224 Å². The molecule has 0 saturated carbocycles. The van der Waals surface area contributed by atoms with Crippen molar-refractivity contribution in [1.29, 1.82) is 0 Å². The summed E-state index contributed by atoms with van der Waals surface area (Å²) in [7, 11) is 3.27. The van der Waals surface area contributed by atoms with Gasteiger partial charge in [-0.2, -0.15) is 5.11 Å². The van der Waals surface area contributed by atoms with Crippen molar-refractivity contribution in [2.24, 2.45) is 21.2 Å². The summed E-state index contributed by atoms with van der Waals surface area (Å²) in [6.07, 6.45) is 4.50. The van der Waals surface area contributed by atoms with E-state index < -0.39 is 0 Å². The number of fused-ring (bicyclic) bond motifs is 2. The number of hydrogen-bond donors (Lipinski definition) is 2. The molecule has 3 N–H and O–H groups in total. The Hall–Kier alpha value is -3.91. The molecule has 4 aromatic rings. The number of nitrogens with two attached hydrogens (primary N) is 1. The molecule has 0 spiro atoms. The van der Waals surface area contributed by atoms with Gasteiger partial charge in [0.25, 0.3) is 0 Å².